The van der Waals surface area contributed by atoms with Crippen molar-refractivity contribution in [2.75, 3.05) is 27.3 Å². The number of ether oxygens (including phenoxy) is 1. The SMILES string of the molecule is COCC1(N(C)C(=O)c2n[nH]c3c2CN(C(=O)c2cc4ccccc4[nH]2)CC3)CC1. The minimum absolute atomic E-state index is 0.0668. The third-order valence-electron chi connectivity index (χ3n) is 6.44. The van der Waals surface area contributed by atoms with Crippen LogP contribution in [0.5, 0.6) is 0 Å². The number of carbonyl (C=O) groups is 2. The minimum Gasteiger partial charge on any atom is -0.382 e. The van der Waals surface area contributed by atoms with Crippen LogP contribution in [0, 0.1) is 0 Å². The number of nitrogens with one attached hydrogen (secondary N) is 2. The van der Waals surface area contributed by atoms with Crippen molar-refractivity contribution >= 4 is 22.7 Å². The van der Waals surface area contributed by atoms with Gasteiger partial charge in [-0.05, 0) is 25.0 Å². The highest BCUT2D eigenvalue weighted by atomic mass is 16.5. The zero-order chi connectivity index (χ0) is 20.9. The standard InChI is InChI=1S/C22H25N5O3/c1-26(22(8-9-22)13-30-2)21(29)19-15-12-27(10-7-17(15)24-25-19)20(28)18-11-14-5-3-4-6-16(14)23-18/h3-6,11,23H,7-10,12-13H2,1-2H3,(H,24,25). The number of aromatic nitrogens is 3. The minimum atomic E-state index is -0.230. The molecule has 8 heteroatoms. The maximum Gasteiger partial charge on any atom is 0.274 e. The topological polar surface area (TPSA) is 94.3 Å². The third-order valence-corrected chi connectivity index (χ3v) is 6.44. The lowest BCUT2D eigenvalue weighted by molar-refractivity contribution is 0.0541. The molecule has 1 aliphatic carbocycles. The van der Waals surface area contributed by atoms with Gasteiger partial charge in [0.25, 0.3) is 11.8 Å². The van der Waals surface area contributed by atoms with Gasteiger partial charge in [0.2, 0.25) is 0 Å². The number of carbonyl (C=O) groups excluding carboxylic acids is 2. The molecule has 1 saturated carbocycles. The van der Waals surface area contributed by atoms with E-state index in [1.807, 2.05) is 37.4 Å². The van der Waals surface area contributed by atoms with Gasteiger partial charge in [-0.2, -0.15) is 5.10 Å². The fourth-order valence-corrected chi connectivity index (χ4v) is 4.37. The van der Waals surface area contributed by atoms with E-state index in [-0.39, 0.29) is 17.4 Å². The molecule has 5 rings (SSSR count). The molecule has 0 bridgehead atoms. The van der Waals surface area contributed by atoms with E-state index in [1.165, 1.54) is 0 Å². The number of fused-ring (bicyclic) bond motifs is 2. The van der Waals surface area contributed by atoms with E-state index >= 15 is 0 Å². The van der Waals surface area contributed by atoms with Gasteiger partial charge in [0, 0.05) is 49.3 Å². The molecule has 3 aromatic rings. The van der Waals surface area contributed by atoms with Gasteiger partial charge in [0.15, 0.2) is 5.69 Å². The molecule has 1 fully saturated rings. The molecule has 0 radical (unpaired) electrons. The second-order valence-electron chi connectivity index (χ2n) is 8.30. The molecule has 30 heavy (non-hydrogen) atoms. The van der Waals surface area contributed by atoms with Gasteiger partial charge in [-0.3, -0.25) is 14.7 Å². The Bertz CT molecular complexity index is 1090. The van der Waals surface area contributed by atoms with E-state index in [2.05, 4.69) is 15.2 Å². The summed E-state index contributed by atoms with van der Waals surface area (Å²) in [5, 5.41) is 8.34. The predicted octanol–water partition coefficient (Wildman–Crippen LogP) is 2.34. The van der Waals surface area contributed by atoms with E-state index in [4.69, 9.17) is 4.74 Å². The number of likely N-dealkylation sites (N-methyl/N-ethyl adjacent to an activating group) is 1. The molecule has 2 aliphatic rings. The highest BCUT2D eigenvalue weighted by Crippen LogP contribution is 2.42. The fourth-order valence-electron chi connectivity index (χ4n) is 4.37. The Balaban J connectivity index is 1.38. The summed E-state index contributed by atoms with van der Waals surface area (Å²) >= 11 is 0. The number of rotatable bonds is 5. The number of benzene rings is 1. The largest absolute Gasteiger partial charge is 0.382 e. The highest BCUT2D eigenvalue weighted by molar-refractivity contribution is 5.99. The fraction of sp³-hybridized carbons (Fsp3) is 0.409. The number of H-pyrrole nitrogens is 2. The lowest BCUT2D eigenvalue weighted by atomic mass is 10.0. The van der Waals surface area contributed by atoms with Crippen molar-refractivity contribution < 1.29 is 14.3 Å². The number of nitrogens with zero attached hydrogens (tertiary/aromatic N) is 3. The molecule has 0 saturated heterocycles. The molecule has 0 unspecified atom stereocenters. The van der Waals surface area contributed by atoms with Gasteiger partial charge >= 0.3 is 0 Å². The van der Waals surface area contributed by atoms with Gasteiger partial charge in [0.1, 0.15) is 5.69 Å². The second kappa shape index (κ2) is 6.98. The van der Waals surface area contributed by atoms with Crippen molar-refractivity contribution in [2.24, 2.45) is 0 Å². The number of aromatic amines is 2. The first-order valence-electron chi connectivity index (χ1n) is 10.2. The summed E-state index contributed by atoms with van der Waals surface area (Å²) in [4.78, 5) is 33.0. The smallest absolute Gasteiger partial charge is 0.274 e. The third kappa shape index (κ3) is 2.99. The molecule has 156 valence electrons. The number of methoxy groups -OCH3 is 1. The van der Waals surface area contributed by atoms with Gasteiger partial charge in [-0.25, -0.2) is 0 Å². The highest BCUT2D eigenvalue weighted by Gasteiger charge is 2.49. The normalized spacial score (nSPS) is 17.1. The monoisotopic (exact) mass is 407 g/mol. The van der Waals surface area contributed by atoms with Crippen LogP contribution in [0.15, 0.2) is 30.3 Å². The molecule has 3 heterocycles. The molecule has 2 amide bonds. The maximum absolute atomic E-state index is 13.2. The van der Waals surface area contributed by atoms with E-state index in [1.54, 1.807) is 16.9 Å². The van der Waals surface area contributed by atoms with E-state index in [9.17, 15) is 9.59 Å². The Morgan fingerprint density at radius 2 is 2.10 bits per heavy atom. The van der Waals surface area contributed by atoms with Crippen LogP contribution in [-0.4, -0.2) is 69.6 Å². The quantitative estimate of drug-likeness (QED) is 0.679. The number of amides is 2. The molecule has 1 aromatic carbocycles. The van der Waals surface area contributed by atoms with Crippen molar-refractivity contribution in [1.29, 1.82) is 0 Å². The van der Waals surface area contributed by atoms with Gasteiger partial charge in [-0.1, -0.05) is 18.2 Å². The number of hydrogen-bond donors (Lipinski definition) is 2. The first-order chi connectivity index (χ1) is 14.5. The Morgan fingerprint density at radius 3 is 2.83 bits per heavy atom. The van der Waals surface area contributed by atoms with E-state index in [0.29, 0.717) is 37.5 Å². The molecule has 0 atom stereocenters. The Labute approximate surface area is 174 Å². The summed E-state index contributed by atoms with van der Waals surface area (Å²) < 4.78 is 5.31. The zero-order valence-corrected chi connectivity index (χ0v) is 17.2. The van der Waals surface area contributed by atoms with Gasteiger partial charge in [-0.15, -0.1) is 0 Å². The van der Waals surface area contributed by atoms with Crippen molar-refractivity contribution in [2.45, 2.75) is 31.3 Å². The van der Waals surface area contributed by atoms with Crippen LogP contribution in [-0.2, 0) is 17.7 Å². The van der Waals surface area contributed by atoms with Crippen molar-refractivity contribution in [3.63, 3.8) is 0 Å². The van der Waals surface area contributed by atoms with Crippen molar-refractivity contribution in [3.05, 3.63) is 53.0 Å². The first kappa shape index (κ1) is 18.9. The van der Waals surface area contributed by atoms with E-state index < -0.39 is 0 Å². The molecule has 2 aromatic heterocycles. The Kier molecular flexibility index (Phi) is 4.39. The zero-order valence-electron chi connectivity index (χ0n) is 17.2. The van der Waals surface area contributed by atoms with Crippen LogP contribution in [0.2, 0.25) is 0 Å². The number of para-hydroxylation sites is 1. The first-order valence-corrected chi connectivity index (χ1v) is 10.2. The van der Waals surface area contributed by atoms with Crippen LogP contribution >= 0.6 is 0 Å². The summed E-state index contributed by atoms with van der Waals surface area (Å²) in [5.74, 6) is -0.190. The summed E-state index contributed by atoms with van der Waals surface area (Å²) in [6, 6.07) is 9.71. The molecular weight excluding hydrogens is 382 g/mol. The van der Waals surface area contributed by atoms with Crippen molar-refractivity contribution in [3.8, 4) is 0 Å². The van der Waals surface area contributed by atoms with E-state index in [0.717, 1.165) is 35.0 Å². The Hall–Kier alpha value is -3.13. The van der Waals surface area contributed by atoms with Crippen LogP contribution in [0.4, 0.5) is 0 Å². The number of hydrogen-bond acceptors (Lipinski definition) is 4. The van der Waals surface area contributed by atoms with Gasteiger partial charge in [0.05, 0.1) is 18.7 Å². The summed E-state index contributed by atoms with van der Waals surface area (Å²) in [7, 11) is 3.47. The average Bonchev–Trinajstić information content (AvgIpc) is 3.23. The summed E-state index contributed by atoms with van der Waals surface area (Å²) in [6.45, 7) is 1.47. The molecule has 2 N–H and O–H groups in total. The predicted molar refractivity (Wildman–Crippen MR) is 111 cm³/mol. The molecule has 0 spiro atoms. The lowest BCUT2D eigenvalue weighted by Gasteiger charge is -2.29. The van der Waals surface area contributed by atoms with Crippen LogP contribution in [0.25, 0.3) is 10.9 Å². The average molecular weight is 407 g/mol. The lowest BCUT2D eigenvalue weighted by Crippen LogP contribution is -2.43. The van der Waals surface area contributed by atoms with Crippen LogP contribution in [0.3, 0.4) is 0 Å². The summed E-state index contributed by atoms with van der Waals surface area (Å²) in [6.07, 6.45) is 2.51. The van der Waals surface area contributed by atoms with Crippen LogP contribution in [0.1, 0.15) is 45.1 Å². The van der Waals surface area contributed by atoms with Crippen molar-refractivity contribution in [1.82, 2.24) is 25.0 Å². The Morgan fingerprint density at radius 1 is 1.30 bits per heavy atom. The molecule has 1 aliphatic heterocycles. The summed E-state index contributed by atoms with van der Waals surface area (Å²) in [5.41, 5.74) is 3.42. The van der Waals surface area contributed by atoms with Gasteiger partial charge < -0.3 is 19.5 Å². The molecule has 8 nitrogen and oxygen atoms in total. The second-order valence-corrected chi connectivity index (χ2v) is 8.30. The maximum atomic E-state index is 13.2. The van der Waals surface area contributed by atoms with Crippen LogP contribution < -0.4 is 0 Å². The molecular formula is C22H25N5O3.